The number of benzene rings is 1. The summed E-state index contributed by atoms with van der Waals surface area (Å²) in [7, 11) is -3.55. The van der Waals surface area contributed by atoms with Crippen molar-refractivity contribution in [3.05, 3.63) is 47.7 Å². The van der Waals surface area contributed by atoms with Crippen LogP contribution in [0.1, 0.15) is 11.1 Å². The topological polar surface area (TPSA) is 95.1 Å². The van der Waals surface area contributed by atoms with Gasteiger partial charge in [0.2, 0.25) is 0 Å². The lowest BCUT2D eigenvalue weighted by atomic mass is 10.1. The second-order valence-corrected chi connectivity index (χ2v) is 5.46. The molecule has 0 amide bonds. The zero-order valence-electron chi connectivity index (χ0n) is 9.50. The predicted octanol–water partition coefficient (Wildman–Crippen LogP) is 0.380. The molecule has 0 fully saturated rings. The van der Waals surface area contributed by atoms with E-state index in [9.17, 15) is 8.42 Å². The first-order valence-electron chi connectivity index (χ1n) is 5.29. The highest BCUT2D eigenvalue weighted by Gasteiger charge is 2.14. The molecule has 0 saturated heterocycles. The first kappa shape index (κ1) is 12.7. The maximum atomic E-state index is 11.8. The standard InChI is InChI=1S/C11H13N3O3S/c15-8-10-3-1-9(2-4-10)7-13-18(16,17)11-5-6-12-14-11/h1-6,13,15H,7-8H2,(H,12,14). The first-order chi connectivity index (χ1) is 8.62. The minimum absolute atomic E-state index is 0.0276. The van der Waals surface area contributed by atoms with E-state index in [-0.39, 0.29) is 18.2 Å². The van der Waals surface area contributed by atoms with Gasteiger partial charge in [-0.15, -0.1) is 0 Å². The molecule has 2 rings (SSSR count). The zero-order valence-corrected chi connectivity index (χ0v) is 10.3. The van der Waals surface area contributed by atoms with Gasteiger partial charge in [0.25, 0.3) is 10.0 Å². The molecule has 0 radical (unpaired) electrons. The van der Waals surface area contributed by atoms with E-state index in [0.717, 1.165) is 11.1 Å². The molecule has 96 valence electrons. The second kappa shape index (κ2) is 5.30. The van der Waals surface area contributed by atoms with E-state index < -0.39 is 10.0 Å². The van der Waals surface area contributed by atoms with Crippen LogP contribution < -0.4 is 4.72 Å². The Bertz CT molecular complexity index is 591. The van der Waals surface area contributed by atoms with Crippen LogP contribution in [0.25, 0.3) is 0 Å². The molecule has 18 heavy (non-hydrogen) atoms. The van der Waals surface area contributed by atoms with Crippen molar-refractivity contribution in [2.45, 2.75) is 18.2 Å². The fourth-order valence-corrected chi connectivity index (χ4v) is 2.34. The molecular formula is C11H13N3O3S. The summed E-state index contributed by atoms with van der Waals surface area (Å²) in [6.45, 7) is 0.160. The minimum atomic E-state index is -3.55. The molecule has 0 spiro atoms. The van der Waals surface area contributed by atoms with E-state index in [1.807, 2.05) is 0 Å². The largest absolute Gasteiger partial charge is 0.392 e. The van der Waals surface area contributed by atoms with Crippen LogP contribution in [0.15, 0.2) is 41.6 Å². The van der Waals surface area contributed by atoms with Gasteiger partial charge in [0.15, 0.2) is 5.03 Å². The summed E-state index contributed by atoms with van der Waals surface area (Å²) >= 11 is 0. The van der Waals surface area contributed by atoms with Crippen LogP contribution >= 0.6 is 0 Å². The lowest BCUT2D eigenvalue weighted by Crippen LogP contribution is -2.23. The first-order valence-corrected chi connectivity index (χ1v) is 6.78. The summed E-state index contributed by atoms with van der Waals surface area (Å²) in [5, 5.41) is 14.9. The number of nitrogens with one attached hydrogen (secondary N) is 2. The number of aliphatic hydroxyl groups is 1. The van der Waals surface area contributed by atoms with Gasteiger partial charge in [-0.25, -0.2) is 13.1 Å². The lowest BCUT2D eigenvalue weighted by Gasteiger charge is -2.05. The van der Waals surface area contributed by atoms with Crippen molar-refractivity contribution < 1.29 is 13.5 Å². The van der Waals surface area contributed by atoms with Crippen LogP contribution in [0.3, 0.4) is 0 Å². The maximum absolute atomic E-state index is 11.8. The fourth-order valence-electron chi connectivity index (χ4n) is 1.41. The van der Waals surface area contributed by atoms with Gasteiger partial charge in [0.05, 0.1) is 12.8 Å². The number of hydrogen-bond donors (Lipinski definition) is 3. The van der Waals surface area contributed by atoms with Gasteiger partial charge >= 0.3 is 0 Å². The molecule has 0 unspecified atom stereocenters. The Labute approximate surface area is 105 Å². The molecule has 7 heteroatoms. The van der Waals surface area contributed by atoms with E-state index in [4.69, 9.17) is 5.11 Å². The van der Waals surface area contributed by atoms with Crippen molar-refractivity contribution in [1.82, 2.24) is 14.9 Å². The van der Waals surface area contributed by atoms with Gasteiger partial charge in [-0.3, -0.25) is 5.10 Å². The van der Waals surface area contributed by atoms with Crippen LogP contribution in [-0.4, -0.2) is 23.7 Å². The third kappa shape index (κ3) is 2.95. The van der Waals surface area contributed by atoms with Gasteiger partial charge in [0, 0.05) is 6.54 Å². The number of nitrogens with zero attached hydrogens (tertiary/aromatic N) is 1. The summed E-state index contributed by atoms with van der Waals surface area (Å²) < 4.78 is 26.0. The Morgan fingerprint density at radius 2 is 1.83 bits per heavy atom. The van der Waals surface area contributed by atoms with Crippen LogP contribution in [0.4, 0.5) is 0 Å². The second-order valence-electron chi connectivity index (χ2n) is 3.72. The van der Waals surface area contributed by atoms with Crippen molar-refractivity contribution in [2.75, 3.05) is 0 Å². The average molecular weight is 267 g/mol. The minimum Gasteiger partial charge on any atom is -0.392 e. The van der Waals surface area contributed by atoms with Crippen LogP contribution in [-0.2, 0) is 23.2 Å². The average Bonchev–Trinajstić information content (AvgIpc) is 2.92. The molecule has 0 saturated carbocycles. The summed E-state index contributed by atoms with van der Waals surface area (Å²) in [6.07, 6.45) is 1.38. The normalized spacial score (nSPS) is 11.6. The van der Waals surface area contributed by atoms with Crippen molar-refractivity contribution in [3.63, 3.8) is 0 Å². The Hall–Kier alpha value is -1.70. The third-order valence-corrected chi connectivity index (χ3v) is 3.77. The molecule has 0 atom stereocenters. The number of rotatable bonds is 5. The van der Waals surface area contributed by atoms with E-state index in [2.05, 4.69) is 14.9 Å². The highest BCUT2D eigenvalue weighted by atomic mass is 32.2. The van der Waals surface area contributed by atoms with E-state index in [1.54, 1.807) is 24.3 Å². The molecule has 0 aliphatic heterocycles. The van der Waals surface area contributed by atoms with Gasteiger partial charge in [-0.2, -0.15) is 5.10 Å². The highest BCUT2D eigenvalue weighted by molar-refractivity contribution is 7.89. The monoisotopic (exact) mass is 267 g/mol. The smallest absolute Gasteiger partial charge is 0.257 e. The van der Waals surface area contributed by atoms with Crippen molar-refractivity contribution in [1.29, 1.82) is 0 Å². The molecule has 0 aliphatic rings. The number of sulfonamides is 1. The Balaban J connectivity index is 2.03. The van der Waals surface area contributed by atoms with E-state index in [0.29, 0.717) is 0 Å². The van der Waals surface area contributed by atoms with Crippen LogP contribution in [0, 0.1) is 0 Å². The molecule has 0 aliphatic carbocycles. The maximum Gasteiger partial charge on any atom is 0.257 e. The Morgan fingerprint density at radius 1 is 1.17 bits per heavy atom. The zero-order chi connectivity index (χ0) is 13.0. The number of aliphatic hydroxyl groups excluding tert-OH is 1. The summed E-state index contributed by atoms with van der Waals surface area (Å²) in [5.74, 6) is 0. The van der Waals surface area contributed by atoms with Gasteiger partial charge in [0.1, 0.15) is 0 Å². The highest BCUT2D eigenvalue weighted by Crippen LogP contribution is 2.07. The predicted molar refractivity (Wildman–Crippen MR) is 65.0 cm³/mol. The van der Waals surface area contributed by atoms with Crippen molar-refractivity contribution in [3.8, 4) is 0 Å². The number of aromatic amines is 1. The molecule has 0 bridgehead atoms. The van der Waals surface area contributed by atoms with Gasteiger partial charge in [-0.1, -0.05) is 24.3 Å². The molecular weight excluding hydrogens is 254 g/mol. The van der Waals surface area contributed by atoms with Gasteiger partial charge < -0.3 is 5.11 Å². The third-order valence-electron chi connectivity index (χ3n) is 2.44. The summed E-state index contributed by atoms with van der Waals surface area (Å²) in [4.78, 5) is 0. The van der Waals surface area contributed by atoms with E-state index >= 15 is 0 Å². The molecule has 1 heterocycles. The fraction of sp³-hybridized carbons (Fsp3) is 0.182. The number of H-pyrrole nitrogens is 1. The Kier molecular flexibility index (Phi) is 3.75. The van der Waals surface area contributed by atoms with Crippen molar-refractivity contribution >= 4 is 10.0 Å². The Morgan fingerprint density at radius 3 is 2.39 bits per heavy atom. The summed E-state index contributed by atoms with van der Waals surface area (Å²) in [6, 6.07) is 8.42. The number of hydrogen-bond acceptors (Lipinski definition) is 4. The molecule has 6 nitrogen and oxygen atoms in total. The molecule has 2 aromatic rings. The van der Waals surface area contributed by atoms with Crippen molar-refractivity contribution in [2.24, 2.45) is 0 Å². The van der Waals surface area contributed by atoms with Crippen LogP contribution in [0.5, 0.6) is 0 Å². The molecule has 3 N–H and O–H groups in total. The quantitative estimate of drug-likeness (QED) is 0.730. The lowest BCUT2D eigenvalue weighted by molar-refractivity contribution is 0.282. The van der Waals surface area contributed by atoms with E-state index in [1.165, 1.54) is 12.3 Å². The summed E-state index contributed by atoms with van der Waals surface area (Å²) in [5.41, 5.74) is 1.60. The van der Waals surface area contributed by atoms with Gasteiger partial charge in [-0.05, 0) is 17.2 Å². The SMILES string of the molecule is O=S(=O)(NCc1ccc(CO)cc1)c1ccn[nH]1. The number of aromatic nitrogens is 2. The molecule has 1 aromatic heterocycles. The molecule has 1 aromatic carbocycles. The van der Waals surface area contributed by atoms with Crippen LogP contribution in [0.2, 0.25) is 0 Å².